The Bertz CT molecular complexity index is 961. The highest BCUT2D eigenvalue weighted by molar-refractivity contribution is 5.82. The zero-order valence-corrected chi connectivity index (χ0v) is 13.7. The first-order valence-electron chi connectivity index (χ1n) is 8.03. The Hall–Kier alpha value is -3.07. The van der Waals surface area contributed by atoms with Crippen molar-refractivity contribution < 1.29 is 0 Å². The van der Waals surface area contributed by atoms with Crippen molar-refractivity contribution in [2.75, 3.05) is 7.05 Å². The number of rotatable bonds is 3. The summed E-state index contributed by atoms with van der Waals surface area (Å²) < 4.78 is 2.28. The Kier molecular flexibility index (Phi) is 3.54. The van der Waals surface area contributed by atoms with Crippen molar-refractivity contribution in [1.82, 2.24) is 14.5 Å². The van der Waals surface area contributed by atoms with Crippen LogP contribution in [0, 0.1) is 0 Å². The van der Waals surface area contributed by atoms with Crippen LogP contribution in [0.5, 0.6) is 0 Å². The predicted molar refractivity (Wildman–Crippen MR) is 99.3 cm³/mol. The van der Waals surface area contributed by atoms with Crippen molar-refractivity contribution in [2.45, 2.75) is 6.54 Å². The Morgan fingerprint density at radius 3 is 2.50 bits per heavy atom. The highest BCUT2D eigenvalue weighted by Gasteiger charge is 2.16. The average molecular weight is 313 g/mol. The maximum atomic E-state index is 4.88. The number of allylic oxidation sites excluding steroid dienone is 3. The molecule has 4 rings (SSSR count). The van der Waals surface area contributed by atoms with Crippen molar-refractivity contribution in [1.29, 1.82) is 0 Å². The Morgan fingerprint density at radius 1 is 0.958 bits per heavy atom. The van der Waals surface area contributed by atoms with Gasteiger partial charge in [0.05, 0.1) is 11.0 Å². The van der Waals surface area contributed by atoms with Gasteiger partial charge in [0.2, 0.25) is 0 Å². The van der Waals surface area contributed by atoms with Gasteiger partial charge in [0.25, 0.3) is 0 Å². The van der Waals surface area contributed by atoms with E-state index in [0.717, 1.165) is 34.7 Å². The first-order chi connectivity index (χ1) is 11.7. The van der Waals surface area contributed by atoms with E-state index in [4.69, 9.17) is 4.98 Å². The molecule has 0 spiro atoms. The normalized spacial score (nSPS) is 14.3. The van der Waals surface area contributed by atoms with Crippen LogP contribution in [0.3, 0.4) is 0 Å². The largest absolute Gasteiger partial charge is 0.351 e. The SMILES string of the molecule is C=C1C=CC(c2nc3ccccc3n2Cc2ccccc2)=CN1C. The second-order valence-corrected chi connectivity index (χ2v) is 6.02. The van der Waals surface area contributed by atoms with Crippen molar-refractivity contribution in [3.8, 4) is 0 Å². The van der Waals surface area contributed by atoms with E-state index in [1.54, 1.807) is 0 Å². The van der Waals surface area contributed by atoms with Gasteiger partial charge in [-0.1, -0.05) is 49.0 Å². The molecule has 2 heterocycles. The predicted octanol–water partition coefficient (Wildman–Crippen LogP) is 4.44. The summed E-state index contributed by atoms with van der Waals surface area (Å²) >= 11 is 0. The van der Waals surface area contributed by atoms with Gasteiger partial charge < -0.3 is 9.47 Å². The van der Waals surface area contributed by atoms with E-state index >= 15 is 0 Å². The minimum absolute atomic E-state index is 0.798. The fourth-order valence-corrected chi connectivity index (χ4v) is 2.99. The molecular formula is C21H19N3. The average Bonchev–Trinajstić information content (AvgIpc) is 2.97. The molecule has 1 aromatic heterocycles. The van der Waals surface area contributed by atoms with Gasteiger partial charge in [-0.3, -0.25) is 0 Å². The monoisotopic (exact) mass is 313 g/mol. The lowest BCUT2D eigenvalue weighted by Gasteiger charge is -2.20. The summed E-state index contributed by atoms with van der Waals surface area (Å²) in [5, 5.41) is 0. The van der Waals surface area contributed by atoms with Crippen LogP contribution in [0.2, 0.25) is 0 Å². The van der Waals surface area contributed by atoms with Crippen LogP contribution in [0.4, 0.5) is 0 Å². The zero-order valence-electron chi connectivity index (χ0n) is 13.7. The molecule has 0 aliphatic carbocycles. The Morgan fingerprint density at radius 2 is 1.71 bits per heavy atom. The first-order valence-corrected chi connectivity index (χ1v) is 8.03. The van der Waals surface area contributed by atoms with Crippen molar-refractivity contribution in [2.24, 2.45) is 0 Å². The van der Waals surface area contributed by atoms with E-state index in [0.29, 0.717) is 0 Å². The van der Waals surface area contributed by atoms with E-state index in [9.17, 15) is 0 Å². The number of imidazole rings is 1. The third kappa shape index (κ3) is 2.54. The Labute approximate surface area is 141 Å². The number of aromatic nitrogens is 2. The molecule has 1 aliphatic rings. The van der Waals surface area contributed by atoms with Crippen LogP contribution in [0.1, 0.15) is 11.4 Å². The highest BCUT2D eigenvalue weighted by Crippen LogP contribution is 2.27. The van der Waals surface area contributed by atoms with Crippen molar-refractivity contribution >= 4 is 16.6 Å². The summed E-state index contributed by atoms with van der Waals surface area (Å²) in [5.74, 6) is 0.982. The van der Waals surface area contributed by atoms with Gasteiger partial charge in [-0.25, -0.2) is 4.98 Å². The minimum atomic E-state index is 0.798. The van der Waals surface area contributed by atoms with Gasteiger partial charge in [-0.05, 0) is 29.8 Å². The number of hydrogen-bond donors (Lipinski definition) is 0. The van der Waals surface area contributed by atoms with Crippen molar-refractivity contribution in [3.63, 3.8) is 0 Å². The summed E-state index contributed by atoms with van der Waals surface area (Å²) in [6.45, 7) is 4.82. The number of hydrogen-bond acceptors (Lipinski definition) is 2. The van der Waals surface area contributed by atoms with E-state index in [-0.39, 0.29) is 0 Å². The van der Waals surface area contributed by atoms with Crippen LogP contribution >= 0.6 is 0 Å². The molecule has 0 fully saturated rings. The topological polar surface area (TPSA) is 21.1 Å². The third-order valence-corrected chi connectivity index (χ3v) is 4.34. The number of benzene rings is 2. The summed E-state index contributed by atoms with van der Waals surface area (Å²) in [6.07, 6.45) is 6.21. The van der Waals surface area contributed by atoms with Crippen LogP contribution in [-0.2, 0) is 6.54 Å². The molecule has 2 aromatic carbocycles. The fraction of sp³-hybridized carbons (Fsp3) is 0.0952. The minimum Gasteiger partial charge on any atom is -0.351 e. The molecule has 0 atom stereocenters. The van der Waals surface area contributed by atoms with Gasteiger partial charge >= 0.3 is 0 Å². The quantitative estimate of drug-likeness (QED) is 0.713. The van der Waals surface area contributed by atoms with Gasteiger partial charge in [0, 0.05) is 31.1 Å². The summed E-state index contributed by atoms with van der Waals surface area (Å²) in [4.78, 5) is 6.91. The van der Waals surface area contributed by atoms with E-state index in [2.05, 4.69) is 65.9 Å². The van der Waals surface area contributed by atoms with Gasteiger partial charge in [0.15, 0.2) is 0 Å². The molecule has 0 amide bonds. The van der Waals surface area contributed by atoms with E-state index in [1.165, 1.54) is 5.56 Å². The molecule has 3 aromatic rings. The number of fused-ring (bicyclic) bond motifs is 1. The lowest BCUT2D eigenvalue weighted by molar-refractivity contribution is 0.588. The summed E-state index contributed by atoms with van der Waals surface area (Å²) in [7, 11) is 2.01. The van der Waals surface area contributed by atoms with Crippen LogP contribution in [0.15, 0.2) is 85.2 Å². The zero-order chi connectivity index (χ0) is 16.5. The molecule has 0 saturated carbocycles. The first kappa shape index (κ1) is 14.5. The molecule has 0 unspecified atom stereocenters. The van der Waals surface area contributed by atoms with Crippen LogP contribution in [0.25, 0.3) is 16.6 Å². The number of para-hydroxylation sites is 2. The summed E-state index contributed by atoms with van der Waals surface area (Å²) in [6, 6.07) is 18.8. The molecule has 0 radical (unpaired) electrons. The van der Waals surface area contributed by atoms with Gasteiger partial charge in [-0.2, -0.15) is 0 Å². The molecule has 118 valence electrons. The lowest BCUT2D eigenvalue weighted by atomic mass is 10.1. The smallest absolute Gasteiger partial charge is 0.142 e. The number of likely N-dealkylation sites (N-methyl/N-ethyl adjacent to an activating group) is 1. The second kappa shape index (κ2) is 5.85. The highest BCUT2D eigenvalue weighted by atomic mass is 15.1. The molecule has 3 heteroatoms. The standard InChI is InChI=1S/C21H19N3/c1-16-12-13-18(15-23(16)2)21-22-19-10-6-7-11-20(19)24(21)14-17-8-4-3-5-9-17/h3-13,15H,1,14H2,2H3. The fourth-order valence-electron chi connectivity index (χ4n) is 2.99. The van der Waals surface area contributed by atoms with E-state index in [1.807, 2.05) is 30.2 Å². The second-order valence-electron chi connectivity index (χ2n) is 6.02. The molecule has 0 saturated heterocycles. The molecular weight excluding hydrogens is 294 g/mol. The molecule has 0 N–H and O–H groups in total. The summed E-state index contributed by atoms with van der Waals surface area (Å²) in [5.41, 5.74) is 5.50. The van der Waals surface area contributed by atoms with E-state index < -0.39 is 0 Å². The van der Waals surface area contributed by atoms with Crippen LogP contribution < -0.4 is 0 Å². The number of nitrogens with zero attached hydrogens (tertiary/aromatic N) is 3. The van der Waals surface area contributed by atoms with Crippen LogP contribution in [-0.4, -0.2) is 21.5 Å². The maximum Gasteiger partial charge on any atom is 0.142 e. The maximum absolute atomic E-state index is 4.88. The van der Waals surface area contributed by atoms with Gasteiger partial charge in [0.1, 0.15) is 5.82 Å². The lowest BCUT2D eigenvalue weighted by Crippen LogP contribution is -2.13. The van der Waals surface area contributed by atoms with Crippen molar-refractivity contribution in [3.05, 3.63) is 96.6 Å². The molecule has 1 aliphatic heterocycles. The molecule has 0 bridgehead atoms. The molecule has 3 nitrogen and oxygen atoms in total. The third-order valence-electron chi connectivity index (χ3n) is 4.34. The Balaban J connectivity index is 1.86. The van der Waals surface area contributed by atoms with Gasteiger partial charge in [-0.15, -0.1) is 0 Å². The molecule has 24 heavy (non-hydrogen) atoms.